The molecule has 1 atom stereocenters. The van der Waals surface area contributed by atoms with Crippen molar-refractivity contribution in [3.8, 4) is 6.07 Å². The van der Waals surface area contributed by atoms with Gasteiger partial charge in [0.05, 0.1) is 17.8 Å². The first-order chi connectivity index (χ1) is 7.79. The molecule has 0 aliphatic carbocycles. The minimum atomic E-state index is 0.0797. The minimum Gasteiger partial charge on any atom is -0.282 e. The number of rotatable bonds is 2. The van der Waals surface area contributed by atoms with Gasteiger partial charge in [0, 0.05) is 12.2 Å². The molecular weight excluding hydrogens is 198 g/mol. The molecule has 3 heteroatoms. The SMILES string of the molecule is Cc1cccc(CN2CCCCC2C#N)n1. The van der Waals surface area contributed by atoms with E-state index in [0.717, 1.165) is 30.9 Å². The average molecular weight is 215 g/mol. The van der Waals surface area contributed by atoms with Crippen LogP contribution in [0.3, 0.4) is 0 Å². The van der Waals surface area contributed by atoms with Crippen molar-refractivity contribution in [3.05, 3.63) is 29.6 Å². The fourth-order valence-corrected chi connectivity index (χ4v) is 2.22. The van der Waals surface area contributed by atoms with Crippen LogP contribution in [0.15, 0.2) is 18.2 Å². The topological polar surface area (TPSA) is 39.9 Å². The van der Waals surface area contributed by atoms with E-state index in [-0.39, 0.29) is 6.04 Å². The molecule has 3 nitrogen and oxygen atoms in total. The number of aromatic nitrogens is 1. The Morgan fingerprint density at radius 1 is 1.50 bits per heavy atom. The second-order valence-electron chi connectivity index (χ2n) is 4.38. The molecule has 2 heterocycles. The van der Waals surface area contributed by atoms with Crippen molar-refractivity contribution >= 4 is 0 Å². The summed E-state index contributed by atoms with van der Waals surface area (Å²) in [5, 5.41) is 9.08. The summed E-state index contributed by atoms with van der Waals surface area (Å²) in [7, 11) is 0. The molecule has 1 unspecified atom stereocenters. The second kappa shape index (κ2) is 5.09. The van der Waals surface area contributed by atoms with Crippen LogP contribution in [0.4, 0.5) is 0 Å². The zero-order chi connectivity index (χ0) is 11.4. The summed E-state index contributed by atoms with van der Waals surface area (Å²) < 4.78 is 0. The van der Waals surface area contributed by atoms with E-state index in [0.29, 0.717) is 0 Å². The van der Waals surface area contributed by atoms with E-state index >= 15 is 0 Å². The van der Waals surface area contributed by atoms with Crippen molar-refractivity contribution in [2.75, 3.05) is 6.54 Å². The largest absolute Gasteiger partial charge is 0.282 e. The summed E-state index contributed by atoms with van der Waals surface area (Å²) in [6.45, 7) is 3.83. The van der Waals surface area contributed by atoms with Gasteiger partial charge in [0.1, 0.15) is 0 Å². The summed E-state index contributed by atoms with van der Waals surface area (Å²) in [6, 6.07) is 8.54. The fourth-order valence-electron chi connectivity index (χ4n) is 2.22. The van der Waals surface area contributed by atoms with E-state index in [9.17, 15) is 0 Å². The van der Waals surface area contributed by atoms with Gasteiger partial charge < -0.3 is 0 Å². The molecule has 84 valence electrons. The van der Waals surface area contributed by atoms with Crippen molar-refractivity contribution in [3.63, 3.8) is 0 Å². The maximum absolute atomic E-state index is 9.08. The van der Waals surface area contributed by atoms with Gasteiger partial charge in [-0.15, -0.1) is 0 Å². The lowest BCUT2D eigenvalue weighted by Gasteiger charge is -2.30. The Morgan fingerprint density at radius 2 is 2.38 bits per heavy atom. The van der Waals surface area contributed by atoms with Crippen molar-refractivity contribution in [1.82, 2.24) is 9.88 Å². The van der Waals surface area contributed by atoms with E-state index in [1.165, 1.54) is 12.8 Å². The maximum Gasteiger partial charge on any atom is 0.0981 e. The summed E-state index contributed by atoms with van der Waals surface area (Å²) in [6.07, 6.45) is 3.38. The Balaban J connectivity index is 2.05. The number of likely N-dealkylation sites (tertiary alicyclic amines) is 1. The van der Waals surface area contributed by atoms with E-state index in [1.807, 2.05) is 25.1 Å². The molecule has 1 aromatic heterocycles. The van der Waals surface area contributed by atoms with Crippen molar-refractivity contribution in [2.45, 2.75) is 38.8 Å². The molecular formula is C13H17N3. The Bertz CT molecular complexity index is 394. The minimum absolute atomic E-state index is 0.0797. The molecule has 2 rings (SSSR count). The zero-order valence-electron chi connectivity index (χ0n) is 9.69. The maximum atomic E-state index is 9.08. The van der Waals surface area contributed by atoms with Crippen molar-refractivity contribution < 1.29 is 0 Å². The zero-order valence-corrected chi connectivity index (χ0v) is 9.69. The van der Waals surface area contributed by atoms with E-state index in [2.05, 4.69) is 16.0 Å². The van der Waals surface area contributed by atoms with Crippen molar-refractivity contribution in [1.29, 1.82) is 5.26 Å². The Morgan fingerprint density at radius 3 is 3.12 bits per heavy atom. The molecule has 1 aliphatic heterocycles. The number of pyridine rings is 1. The first kappa shape index (κ1) is 11.1. The van der Waals surface area contributed by atoms with Crippen LogP contribution >= 0.6 is 0 Å². The average Bonchev–Trinajstić information content (AvgIpc) is 2.30. The van der Waals surface area contributed by atoms with Gasteiger partial charge in [-0.3, -0.25) is 9.88 Å². The molecule has 0 radical (unpaired) electrons. The molecule has 16 heavy (non-hydrogen) atoms. The Kier molecular flexibility index (Phi) is 3.53. The van der Waals surface area contributed by atoms with Crippen LogP contribution in [0.25, 0.3) is 0 Å². The summed E-state index contributed by atoms with van der Waals surface area (Å²) >= 11 is 0. The van der Waals surface area contributed by atoms with Gasteiger partial charge in [0.2, 0.25) is 0 Å². The van der Waals surface area contributed by atoms with Crippen LogP contribution < -0.4 is 0 Å². The molecule has 0 aromatic carbocycles. The number of nitrogens with zero attached hydrogens (tertiary/aromatic N) is 3. The van der Waals surface area contributed by atoms with Crippen LogP contribution in [0.2, 0.25) is 0 Å². The van der Waals surface area contributed by atoms with Gasteiger partial charge in [-0.2, -0.15) is 5.26 Å². The highest BCUT2D eigenvalue weighted by atomic mass is 15.2. The first-order valence-electron chi connectivity index (χ1n) is 5.86. The number of nitriles is 1. The van der Waals surface area contributed by atoms with Gasteiger partial charge >= 0.3 is 0 Å². The Hall–Kier alpha value is -1.40. The lowest BCUT2D eigenvalue weighted by atomic mass is 10.0. The lowest BCUT2D eigenvalue weighted by Crippen LogP contribution is -2.38. The number of hydrogen-bond donors (Lipinski definition) is 0. The number of hydrogen-bond acceptors (Lipinski definition) is 3. The second-order valence-corrected chi connectivity index (χ2v) is 4.38. The van der Waals surface area contributed by atoms with Gasteiger partial charge in [-0.25, -0.2) is 0 Å². The number of piperidine rings is 1. The lowest BCUT2D eigenvalue weighted by molar-refractivity contribution is 0.174. The third kappa shape index (κ3) is 2.59. The third-order valence-corrected chi connectivity index (χ3v) is 3.07. The van der Waals surface area contributed by atoms with Gasteiger partial charge in [-0.1, -0.05) is 6.07 Å². The monoisotopic (exact) mass is 215 g/mol. The number of aryl methyl sites for hydroxylation is 1. The smallest absolute Gasteiger partial charge is 0.0981 e. The van der Waals surface area contributed by atoms with E-state index in [4.69, 9.17) is 5.26 Å². The van der Waals surface area contributed by atoms with Crippen molar-refractivity contribution in [2.24, 2.45) is 0 Å². The summed E-state index contributed by atoms with van der Waals surface area (Å²) in [5.41, 5.74) is 2.12. The highest BCUT2D eigenvalue weighted by Crippen LogP contribution is 2.18. The first-order valence-corrected chi connectivity index (χ1v) is 5.86. The van der Waals surface area contributed by atoms with E-state index < -0.39 is 0 Å². The van der Waals surface area contributed by atoms with Gasteiger partial charge in [0.25, 0.3) is 0 Å². The van der Waals surface area contributed by atoms with Crippen LogP contribution in [0.1, 0.15) is 30.7 Å². The summed E-state index contributed by atoms with van der Waals surface area (Å²) in [5.74, 6) is 0. The quantitative estimate of drug-likeness (QED) is 0.759. The molecule has 1 fully saturated rings. The molecule has 0 N–H and O–H groups in total. The summed E-state index contributed by atoms with van der Waals surface area (Å²) in [4.78, 5) is 6.73. The predicted octanol–water partition coefficient (Wildman–Crippen LogP) is 2.27. The predicted molar refractivity (Wildman–Crippen MR) is 62.6 cm³/mol. The highest BCUT2D eigenvalue weighted by molar-refractivity contribution is 5.10. The van der Waals surface area contributed by atoms with E-state index in [1.54, 1.807) is 0 Å². The van der Waals surface area contributed by atoms with Crippen LogP contribution in [0, 0.1) is 18.3 Å². The highest BCUT2D eigenvalue weighted by Gasteiger charge is 2.22. The fraction of sp³-hybridized carbons (Fsp3) is 0.538. The molecule has 0 bridgehead atoms. The Labute approximate surface area is 96.7 Å². The third-order valence-electron chi connectivity index (χ3n) is 3.07. The van der Waals surface area contributed by atoms with Gasteiger partial charge in [0.15, 0.2) is 0 Å². The van der Waals surface area contributed by atoms with Crippen LogP contribution in [-0.4, -0.2) is 22.5 Å². The van der Waals surface area contributed by atoms with Gasteiger partial charge in [-0.05, 0) is 44.9 Å². The standard InChI is InChI=1S/C13H17N3/c1-11-5-4-6-12(15-11)10-16-8-3-2-7-13(16)9-14/h4-6,13H,2-3,7-8,10H2,1H3. The van der Waals surface area contributed by atoms with Crippen LogP contribution in [0.5, 0.6) is 0 Å². The molecule has 0 saturated carbocycles. The normalized spacial score (nSPS) is 21.6. The molecule has 1 saturated heterocycles. The molecule has 1 aromatic rings. The van der Waals surface area contributed by atoms with Crippen LogP contribution in [-0.2, 0) is 6.54 Å². The molecule has 1 aliphatic rings. The molecule has 0 amide bonds. The molecule has 0 spiro atoms.